The Labute approximate surface area is 101 Å². The minimum absolute atomic E-state index is 0.0406. The van der Waals surface area contributed by atoms with Gasteiger partial charge in [0.1, 0.15) is 0 Å². The van der Waals surface area contributed by atoms with E-state index in [2.05, 4.69) is 5.32 Å². The fourth-order valence-corrected chi connectivity index (χ4v) is 2.01. The summed E-state index contributed by atoms with van der Waals surface area (Å²) in [6.07, 6.45) is 2.01. The zero-order valence-corrected chi connectivity index (χ0v) is 10.1. The van der Waals surface area contributed by atoms with E-state index in [-0.39, 0.29) is 19.0 Å². The number of ether oxygens (including phenoxy) is 1. The predicted octanol–water partition coefficient (Wildman–Crippen LogP) is 0.529. The van der Waals surface area contributed by atoms with Gasteiger partial charge in [-0.2, -0.15) is 0 Å². The number of piperidine rings is 1. The number of hydrogen-bond acceptors (Lipinski definition) is 3. The van der Waals surface area contributed by atoms with Crippen LogP contribution in [-0.4, -0.2) is 55.4 Å². The highest BCUT2D eigenvalue weighted by atomic mass is 16.5. The molecule has 1 aliphatic heterocycles. The highest BCUT2D eigenvalue weighted by Gasteiger charge is 2.23. The van der Waals surface area contributed by atoms with Crippen LogP contribution in [0.5, 0.6) is 0 Å². The number of rotatable bonds is 5. The van der Waals surface area contributed by atoms with Crippen LogP contribution >= 0.6 is 0 Å². The van der Waals surface area contributed by atoms with Gasteiger partial charge < -0.3 is 20.1 Å². The molecular formula is C11H20N2O4. The number of carboxylic acids is 1. The third kappa shape index (κ3) is 5.04. The van der Waals surface area contributed by atoms with Gasteiger partial charge in [0.15, 0.2) is 0 Å². The lowest BCUT2D eigenvalue weighted by Crippen LogP contribution is -2.46. The molecule has 0 spiro atoms. The molecule has 2 amide bonds. The molecule has 6 nitrogen and oxygen atoms in total. The van der Waals surface area contributed by atoms with Crippen LogP contribution in [-0.2, 0) is 9.53 Å². The second-order valence-electron chi connectivity index (χ2n) is 4.29. The molecular weight excluding hydrogens is 224 g/mol. The molecule has 6 heteroatoms. The normalized spacial score (nSPS) is 20.1. The van der Waals surface area contributed by atoms with Gasteiger partial charge in [-0.3, -0.25) is 4.79 Å². The van der Waals surface area contributed by atoms with Gasteiger partial charge in [-0.1, -0.05) is 0 Å². The van der Waals surface area contributed by atoms with Crippen molar-refractivity contribution in [2.75, 3.05) is 33.4 Å². The van der Waals surface area contributed by atoms with E-state index in [1.165, 1.54) is 0 Å². The molecule has 0 aromatic carbocycles. The number of carboxylic acid groups (broad SMARTS) is 1. The van der Waals surface area contributed by atoms with Crippen LogP contribution < -0.4 is 5.32 Å². The molecule has 1 unspecified atom stereocenters. The van der Waals surface area contributed by atoms with E-state index >= 15 is 0 Å². The van der Waals surface area contributed by atoms with Crippen LogP contribution in [0.2, 0.25) is 0 Å². The molecule has 0 aromatic heterocycles. The largest absolute Gasteiger partial charge is 0.481 e. The monoisotopic (exact) mass is 244 g/mol. The first-order valence-electron chi connectivity index (χ1n) is 5.87. The number of carbonyl (C=O) groups excluding carboxylic acids is 1. The Bertz CT molecular complexity index is 268. The molecule has 1 aliphatic rings. The Kier molecular flexibility index (Phi) is 5.76. The molecule has 1 heterocycles. The van der Waals surface area contributed by atoms with E-state index < -0.39 is 5.97 Å². The molecule has 1 rings (SSSR count). The van der Waals surface area contributed by atoms with Crippen molar-refractivity contribution in [2.45, 2.75) is 19.3 Å². The predicted molar refractivity (Wildman–Crippen MR) is 61.8 cm³/mol. The summed E-state index contributed by atoms with van der Waals surface area (Å²) in [5, 5.41) is 11.1. The number of urea groups is 1. The molecule has 0 saturated carbocycles. The zero-order valence-electron chi connectivity index (χ0n) is 10.1. The van der Waals surface area contributed by atoms with Crippen molar-refractivity contribution in [3.63, 3.8) is 0 Å². The molecule has 2 N–H and O–H groups in total. The maximum atomic E-state index is 11.7. The number of aliphatic carboxylic acids is 1. The molecule has 98 valence electrons. The smallest absolute Gasteiger partial charge is 0.317 e. The van der Waals surface area contributed by atoms with Crippen molar-refractivity contribution < 1.29 is 19.4 Å². The molecule has 17 heavy (non-hydrogen) atoms. The topological polar surface area (TPSA) is 78.9 Å². The second-order valence-corrected chi connectivity index (χ2v) is 4.29. The number of hydrogen-bond donors (Lipinski definition) is 2. The van der Waals surface area contributed by atoms with E-state index in [4.69, 9.17) is 9.84 Å². The molecule has 0 bridgehead atoms. The summed E-state index contributed by atoms with van der Waals surface area (Å²) in [5.74, 6) is -0.514. The standard InChI is InChI=1S/C11H20N2O4/c1-17-8-9-3-2-6-13(7-9)11(16)12-5-4-10(14)15/h9H,2-8H2,1H3,(H,12,16)(H,14,15). The first-order valence-corrected chi connectivity index (χ1v) is 5.87. The van der Waals surface area contributed by atoms with Crippen molar-refractivity contribution in [1.29, 1.82) is 0 Å². The number of nitrogens with zero attached hydrogens (tertiary/aromatic N) is 1. The third-order valence-electron chi connectivity index (χ3n) is 2.82. The van der Waals surface area contributed by atoms with Crippen LogP contribution in [0.3, 0.4) is 0 Å². The Hall–Kier alpha value is -1.30. The SMILES string of the molecule is COCC1CCCN(C(=O)NCCC(=O)O)C1. The second kappa shape index (κ2) is 7.11. The van der Waals surface area contributed by atoms with E-state index in [0.717, 1.165) is 19.4 Å². The number of carbonyl (C=O) groups is 2. The zero-order chi connectivity index (χ0) is 12.7. The van der Waals surface area contributed by atoms with Gasteiger partial charge in [-0.25, -0.2) is 4.79 Å². The van der Waals surface area contributed by atoms with Gasteiger partial charge in [-0.15, -0.1) is 0 Å². The van der Waals surface area contributed by atoms with Gasteiger partial charge in [0.05, 0.1) is 13.0 Å². The molecule has 0 radical (unpaired) electrons. The van der Waals surface area contributed by atoms with E-state index in [1.54, 1.807) is 12.0 Å². The van der Waals surface area contributed by atoms with Crippen LogP contribution in [0.4, 0.5) is 4.79 Å². The third-order valence-corrected chi connectivity index (χ3v) is 2.82. The summed E-state index contributed by atoms with van der Waals surface area (Å²) < 4.78 is 5.09. The Morgan fingerprint density at radius 2 is 2.29 bits per heavy atom. The van der Waals surface area contributed by atoms with Crippen LogP contribution in [0.25, 0.3) is 0 Å². The summed E-state index contributed by atoms with van der Waals surface area (Å²) in [4.78, 5) is 23.8. The minimum Gasteiger partial charge on any atom is -0.481 e. The first kappa shape index (κ1) is 13.8. The first-order chi connectivity index (χ1) is 8.13. The lowest BCUT2D eigenvalue weighted by atomic mass is 9.99. The average Bonchev–Trinajstić information content (AvgIpc) is 2.29. The molecule has 1 saturated heterocycles. The van der Waals surface area contributed by atoms with Crippen molar-refractivity contribution in [2.24, 2.45) is 5.92 Å². The van der Waals surface area contributed by atoms with Crippen molar-refractivity contribution in [3.8, 4) is 0 Å². The number of likely N-dealkylation sites (tertiary alicyclic amines) is 1. The van der Waals surface area contributed by atoms with Gasteiger partial charge in [0.25, 0.3) is 0 Å². The maximum Gasteiger partial charge on any atom is 0.317 e. The van der Waals surface area contributed by atoms with E-state index in [1.807, 2.05) is 0 Å². The van der Waals surface area contributed by atoms with Crippen molar-refractivity contribution in [1.82, 2.24) is 10.2 Å². The Morgan fingerprint density at radius 3 is 2.94 bits per heavy atom. The Balaban J connectivity index is 2.28. The molecule has 1 fully saturated rings. The summed E-state index contributed by atoms with van der Waals surface area (Å²) in [5.41, 5.74) is 0. The number of methoxy groups -OCH3 is 1. The van der Waals surface area contributed by atoms with Crippen LogP contribution in [0, 0.1) is 5.92 Å². The lowest BCUT2D eigenvalue weighted by Gasteiger charge is -2.32. The fourth-order valence-electron chi connectivity index (χ4n) is 2.01. The number of amides is 2. The van der Waals surface area contributed by atoms with E-state index in [0.29, 0.717) is 19.1 Å². The minimum atomic E-state index is -0.902. The summed E-state index contributed by atoms with van der Waals surface area (Å²) in [6, 6.07) is -0.174. The summed E-state index contributed by atoms with van der Waals surface area (Å²) in [7, 11) is 1.66. The molecule has 0 aromatic rings. The van der Waals surface area contributed by atoms with Gasteiger partial charge in [0.2, 0.25) is 0 Å². The highest BCUT2D eigenvalue weighted by Crippen LogP contribution is 2.16. The molecule has 1 atom stereocenters. The fraction of sp³-hybridized carbons (Fsp3) is 0.818. The van der Waals surface area contributed by atoms with Crippen molar-refractivity contribution in [3.05, 3.63) is 0 Å². The van der Waals surface area contributed by atoms with Crippen LogP contribution in [0.15, 0.2) is 0 Å². The summed E-state index contributed by atoms with van der Waals surface area (Å²) in [6.45, 7) is 2.27. The average molecular weight is 244 g/mol. The van der Waals surface area contributed by atoms with Crippen LogP contribution in [0.1, 0.15) is 19.3 Å². The maximum absolute atomic E-state index is 11.7. The lowest BCUT2D eigenvalue weighted by molar-refractivity contribution is -0.136. The number of nitrogens with one attached hydrogen (secondary N) is 1. The van der Waals surface area contributed by atoms with Gasteiger partial charge in [-0.05, 0) is 12.8 Å². The molecule has 0 aliphatic carbocycles. The summed E-state index contributed by atoms with van der Waals surface area (Å²) >= 11 is 0. The van der Waals surface area contributed by atoms with Gasteiger partial charge >= 0.3 is 12.0 Å². The van der Waals surface area contributed by atoms with E-state index in [9.17, 15) is 9.59 Å². The Morgan fingerprint density at radius 1 is 1.53 bits per heavy atom. The highest BCUT2D eigenvalue weighted by molar-refractivity contribution is 5.75. The van der Waals surface area contributed by atoms with Gasteiger partial charge in [0, 0.05) is 32.7 Å². The van der Waals surface area contributed by atoms with Crippen molar-refractivity contribution >= 4 is 12.0 Å². The quantitative estimate of drug-likeness (QED) is 0.739.